The Labute approximate surface area is 189 Å². The zero-order valence-corrected chi connectivity index (χ0v) is 18.5. The van der Waals surface area contributed by atoms with E-state index in [0.29, 0.717) is 11.5 Å². The Morgan fingerprint density at radius 3 is 1.18 bits per heavy atom. The number of hydrogen-bond acceptors (Lipinski definition) is 5. The highest BCUT2D eigenvalue weighted by atomic mass is 32.2. The molecule has 33 heavy (non-hydrogen) atoms. The number of halogens is 2. The van der Waals surface area contributed by atoms with Crippen molar-refractivity contribution in [2.75, 3.05) is 0 Å². The molecule has 4 aromatic rings. The van der Waals surface area contributed by atoms with Crippen molar-refractivity contribution in [2.45, 2.75) is 19.6 Å². The summed E-state index contributed by atoms with van der Waals surface area (Å²) in [5.74, 6) is -0.680. The fourth-order valence-electron chi connectivity index (χ4n) is 3.05. The predicted octanol–water partition coefficient (Wildman–Crippen LogP) is 5.42. The van der Waals surface area contributed by atoms with Gasteiger partial charge in [-0.2, -0.15) is 0 Å². The standard InChI is InChI=1S/C24H16F2O5S2/c25-17-3-1-5-23(15-17)32(27,28)21-11-7-19(8-12-21)31-20-9-13-22(14-10-20)33(29,30)24-6-2-4-18(26)16-24/h1-16H. The zero-order chi connectivity index (χ0) is 23.6. The Kier molecular flexibility index (Phi) is 6.01. The van der Waals surface area contributed by atoms with Crippen LogP contribution < -0.4 is 4.74 Å². The Bertz CT molecular complexity index is 1400. The van der Waals surface area contributed by atoms with Crippen LogP contribution in [0.4, 0.5) is 8.78 Å². The third-order valence-corrected chi connectivity index (χ3v) is 8.25. The van der Waals surface area contributed by atoms with E-state index in [9.17, 15) is 25.6 Å². The molecule has 0 heterocycles. The molecule has 0 aliphatic heterocycles. The van der Waals surface area contributed by atoms with Crippen LogP contribution in [0.15, 0.2) is 117 Å². The molecular weight excluding hydrogens is 470 g/mol. The average Bonchev–Trinajstić information content (AvgIpc) is 2.80. The quantitative estimate of drug-likeness (QED) is 0.364. The number of benzene rings is 4. The van der Waals surface area contributed by atoms with E-state index >= 15 is 0 Å². The van der Waals surface area contributed by atoms with E-state index in [1.54, 1.807) is 0 Å². The van der Waals surface area contributed by atoms with Gasteiger partial charge in [0, 0.05) is 0 Å². The van der Waals surface area contributed by atoms with Crippen LogP contribution >= 0.6 is 0 Å². The summed E-state index contributed by atoms with van der Waals surface area (Å²) < 4.78 is 83.0. The van der Waals surface area contributed by atoms with E-state index in [1.807, 2.05) is 0 Å². The van der Waals surface area contributed by atoms with Gasteiger partial charge in [0.25, 0.3) is 0 Å². The predicted molar refractivity (Wildman–Crippen MR) is 117 cm³/mol. The minimum atomic E-state index is -3.89. The fourth-order valence-corrected chi connectivity index (χ4v) is 5.63. The van der Waals surface area contributed by atoms with Crippen molar-refractivity contribution in [1.82, 2.24) is 0 Å². The molecule has 168 valence electrons. The first kappa shape index (κ1) is 22.6. The number of sulfone groups is 2. The summed E-state index contributed by atoms with van der Waals surface area (Å²) in [4.78, 5) is -0.383. The van der Waals surface area contributed by atoms with Crippen LogP contribution in [-0.4, -0.2) is 16.8 Å². The van der Waals surface area contributed by atoms with Gasteiger partial charge in [-0.15, -0.1) is 0 Å². The van der Waals surface area contributed by atoms with E-state index in [-0.39, 0.29) is 19.6 Å². The first-order chi connectivity index (χ1) is 15.7. The van der Waals surface area contributed by atoms with Gasteiger partial charge >= 0.3 is 0 Å². The molecule has 0 N–H and O–H groups in total. The molecule has 0 aliphatic carbocycles. The summed E-state index contributed by atoms with van der Waals surface area (Å²) in [6.07, 6.45) is 0. The maximum absolute atomic E-state index is 13.4. The van der Waals surface area contributed by atoms with Crippen LogP contribution in [0.25, 0.3) is 0 Å². The van der Waals surface area contributed by atoms with Gasteiger partial charge < -0.3 is 4.74 Å². The average molecular weight is 487 g/mol. The lowest BCUT2D eigenvalue weighted by molar-refractivity contribution is 0.481. The van der Waals surface area contributed by atoms with E-state index < -0.39 is 31.3 Å². The van der Waals surface area contributed by atoms with Gasteiger partial charge in [-0.1, -0.05) is 12.1 Å². The van der Waals surface area contributed by atoms with E-state index in [4.69, 9.17) is 4.74 Å². The van der Waals surface area contributed by atoms with Crippen LogP contribution in [0.5, 0.6) is 11.5 Å². The molecule has 4 rings (SSSR count). The first-order valence-corrected chi connectivity index (χ1v) is 12.5. The second-order valence-electron chi connectivity index (χ2n) is 6.97. The molecule has 0 atom stereocenters. The van der Waals surface area contributed by atoms with Gasteiger partial charge in [0.1, 0.15) is 23.1 Å². The highest BCUT2D eigenvalue weighted by Gasteiger charge is 2.19. The Balaban J connectivity index is 1.52. The minimum absolute atomic E-state index is 0.0306. The van der Waals surface area contributed by atoms with Crippen LogP contribution in [0.2, 0.25) is 0 Å². The highest BCUT2D eigenvalue weighted by Crippen LogP contribution is 2.28. The smallest absolute Gasteiger partial charge is 0.206 e. The van der Waals surface area contributed by atoms with Gasteiger partial charge in [0.05, 0.1) is 19.6 Å². The molecule has 0 saturated heterocycles. The molecule has 0 fully saturated rings. The number of ether oxygens (including phenoxy) is 1. The van der Waals surface area contributed by atoms with E-state index in [2.05, 4.69) is 0 Å². The van der Waals surface area contributed by atoms with Crippen molar-refractivity contribution in [1.29, 1.82) is 0 Å². The lowest BCUT2D eigenvalue weighted by Crippen LogP contribution is -2.02. The molecule has 0 bridgehead atoms. The molecule has 0 saturated carbocycles. The molecule has 9 heteroatoms. The molecule has 0 unspecified atom stereocenters. The van der Waals surface area contributed by atoms with Crippen molar-refractivity contribution in [3.8, 4) is 11.5 Å². The second-order valence-corrected chi connectivity index (χ2v) is 10.9. The largest absolute Gasteiger partial charge is 0.457 e. The third kappa shape index (κ3) is 4.79. The molecular formula is C24H16F2O5S2. The van der Waals surface area contributed by atoms with Crippen molar-refractivity contribution < 1.29 is 30.4 Å². The summed E-state index contributed by atoms with van der Waals surface area (Å²) in [7, 11) is -7.78. The van der Waals surface area contributed by atoms with E-state index in [1.165, 1.54) is 72.8 Å². The summed E-state index contributed by atoms with van der Waals surface area (Å²) in [6, 6.07) is 20.5. The Hall–Kier alpha value is -3.56. The Morgan fingerprint density at radius 2 is 0.848 bits per heavy atom. The molecule has 0 aromatic heterocycles. The highest BCUT2D eigenvalue weighted by molar-refractivity contribution is 7.91. The summed E-state index contributed by atoms with van der Waals surface area (Å²) >= 11 is 0. The van der Waals surface area contributed by atoms with Gasteiger partial charge in [-0.3, -0.25) is 0 Å². The zero-order valence-electron chi connectivity index (χ0n) is 16.9. The van der Waals surface area contributed by atoms with Crippen molar-refractivity contribution in [3.05, 3.63) is 109 Å². The lowest BCUT2D eigenvalue weighted by atomic mass is 10.3. The number of rotatable bonds is 6. The van der Waals surface area contributed by atoms with E-state index in [0.717, 1.165) is 24.3 Å². The first-order valence-electron chi connectivity index (χ1n) is 9.55. The van der Waals surface area contributed by atoms with Crippen molar-refractivity contribution in [3.63, 3.8) is 0 Å². The van der Waals surface area contributed by atoms with Gasteiger partial charge in [0.2, 0.25) is 19.7 Å². The molecule has 0 amide bonds. The third-order valence-electron chi connectivity index (χ3n) is 4.72. The molecule has 0 spiro atoms. The van der Waals surface area contributed by atoms with Gasteiger partial charge in [-0.05, 0) is 84.9 Å². The molecule has 0 radical (unpaired) electrons. The molecule has 4 aromatic carbocycles. The van der Waals surface area contributed by atoms with Crippen LogP contribution in [-0.2, 0) is 19.7 Å². The lowest BCUT2D eigenvalue weighted by Gasteiger charge is -2.09. The Morgan fingerprint density at radius 1 is 0.485 bits per heavy atom. The van der Waals surface area contributed by atoms with Gasteiger partial charge in [-0.25, -0.2) is 25.6 Å². The van der Waals surface area contributed by atoms with Crippen LogP contribution in [0.1, 0.15) is 0 Å². The SMILES string of the molecule is O=S(=O)(c1ccc(Oc2ccc(S(=O)(=O)c3cccc(F)c3)cc2)cc1)c1cccc(F)c1. The van der Waals surface area contributed by atoms with Gasteiger partial charge in [0.15, 0.2) is 0 Å². The summed E-state index contributed by atoms with van der Waals surface area (Å²) in [5.41, 5.74) is 0. The van der Waals surface area contributed by atoms with Crippen molar-refractivity contribution in [2.24, 2.45) is 0 Å². The molecule has 0 aliphatic rings. The monoisotopic (exact) mass is 486 g/mol. The maximum atomic E-state index is 13.4. The minimum Gasteiger partial charge on any atom is -0.457 e. The normalized spacial score (nSPS) is 11.8. The second kappa shape index (κ2) is 8.76. The van der Waals surface area contributed by atoms with Crippen molar-refractivity contribution >= 4 is 19.7 Å². The molecule has 5 nitrogen and oxygen atoms in total. The topological polar surface area (TPSA) is 77.5 Å². The number of hydrogen-bond donors (Lipinski definition) is 0. The fraction of sp³-hybridized carbons (Fsp3) is 0. The summed E-state index contributed by atoms with van der Waals surface area (Å²) in [6.45, 7) is 0. The van der Waals surface area contributed by atoms with Crippen LogP contribution in [0, 0.1) is 11.6 Å². The summed E-state index contributed by atoms with van der Waals surface area (Å²) in [5, 5.41) is 0. The maximum Gasteiger partial charge on any atom is 0.206 e. The van der Waals surface area contributed by atoms with Crippen LogP contribution in [0.3, 0.4) is 0 Å².